The van der Waals surface area contributed by atoms with Crippen LogP contribution in [0.1, 0.15) is 22.5 Å². The Kier molecular flexibility index (Phi) is 5.31. The van der Waals surface area contributed by atoms with Crippen molar-refractivity contribution in [2.45, 2.75) is 26.4 Å². The van der Waals surface area contributed by atoms with E-state index in [-0.39, 0.29) is 0 Å². The first-order chi connectivity index (χ1) is 8.81. The number of nitrogens with two attached hydrogens (primary N) is 1. The molecule has 0 spiro atoms. The zero-order chi connectivity index (χ0) is 12.8. The molecule has 2 aromatic rings. The average molecular weight is 281 g/mol. The minimum absolute atomic E-state index is 0.680. The molecule has 0 amide bonds. The van der Waals surface area contributed by atoms with E-state index in [2.05, 4.69) is 39.7 Å². The lowest BCUT2D eigenvalue weighted by Gasteiger charge is -2.18. The third kappa shape index (κ3) is 3.88. The standard InChI is InChI=1S/C13H19N3S2/c1-2-16(9-12-4-3-7-17-12)8-11-10-18-13(15-11)5-6-14/h3-4,7,10H,2,5-6,8-9,14H2,1H3. The second-order valence-corrected chi connectivity index (χ2v) is 6.13. The molecule has 18 heavy (non-hydrogen) atoms. The number of aromatic nitrogens is 1. The number of rotatable bonds is 7. The summed E-state index contributed by atoms with van der Waals surface area (Å²) < 4.78 is 0. The van der Waals surface area contributed by atoms with Crippen molar-refractivity contribution in [3.05, 3.63) is 38.5 Å². The Morgan fingerprint density at radius 1 is 1.33 bits per heavy atom. The maximum atomic E-state index is 5.55. The molecular weight excluding hydrogens is 262 g/mol. The van der Waals surface area contributed by atoms with Crippen molar-refractivity contribution in [3.8, 4) is 0 Å². The van der Waals surface area contributed by atoms with Crippen LogP contribution in [-0.4, -0.2) is 23.0 Å². The Bertz CT molecular complexity index is 451. The summed E-state index contributed by atoms with van der Waals surface area (Å²) in [5.41, 5.74) is 6.71. The Morgan fingerprint density at radius 3 is 2.89 bits per heavy atom. The predicted octanol–water partition coefficient (Wildman–Crippen LogP) is 2.73. The summed E-state index contributed by atoms with van der Waals surface area (Å²) in [6.45, 7) is 5.86. The summed E-state index contributed by atoms with van der Waals surface area (Å²) in [4.78, 5) is 8.44. The summed E-state index contributed by atoms with van der Waals surface area (Å²) in [5.74, 6) is 0. The molecule has 2 heterocycles. The van der Waals surface area contributed by atoms with E-state index in [1.54, 1.807) is 11.3 Å². The van der Waals surface area contributed by atoms with Crippen LogP contribution < -0.4 is 5.73 Å². The van der Waals surface area contributed by atoms with Crippen LogP contribution in [0.15, 0.2) is 22.9 Å². The third-order valence-electron chi connectivity index (χ3n) is 2.75. The van der Waals surface area contributed by atoms with E-state index in [1.165, 1.54) is 10.6 Å². The van der Waals surface area contributed by atoms with Gasteiger partial charge in [-0.05, 0) is 24.5 Å². The van der Waals surface area contributed by atoms with Gasteiger partial charge in [-0.25, -0.2) is 4.98 Å². The van der Waals surface area contributed by atoms with Crippen LogP contribution in [0, 0.1) is 0 Å². The van der Waals surface area contributed by atoms with Crippen LogP contribution in [0.2, 0.25) is 0 Å². The fourth-order valence-electron chi connectivity index (χ4n) is 1.79. The first-order valence-electron chi connectivity index (χ1n) is 6.20. The Morgan fingerprint density at radius 2 is 2.22 bits per heavy atom. The van der Waals surface area contributed by atoms with Crippen molar-refractivity contribution in [1.82, 2.24) is 9.88 Å². The van der Waals surface area contributed by atoms with Gasteiger partial charge < -0.3 is 5.73 Å². The first-order valence-corrected chi connectivity index (χ1v) is 7.95. The van der Waals surface area contributed by atoms with Gasteiger partial charge in [-0.3, -0.25) is 4.90 Å². The minimum atomic E-state index is 0.680. The van der Waals surface area contributed by atoms with E-state index in [0.29, 0.717) is 6.54 Å². The molecule has 0 atom stereocenters. The Labute approximate surface area is 116 Å². The molecule has 0 saturated carbocycles. The van der Waals surface area contributed by atoms with E-state index in [1.807, 2.05) is 11.3 Å². The molecular formula is C13H19N3S2. The molecule has 0 radical (unpaired) electrons. The quantitative estimate of drug-likeness (QED) is 0.848. The van der Waals surface area contributed by atoms with Gasteiger partial charge in [0.2, 0.25) is 0 Å². The molecule has 0 aliphatic heterocycles. The molecule has 0 bridgehead atoms. The number of thiazole rings is 1. The Hall–Kier alpha value is -0.750. The van der Waals surface area contributed by atoms with E-state index in [0.717, 1.165) is 31.1 Å². The maximum Gasteiger partial charge on any atom is 0.0941 e. The van der Waals surface area contributed by atoms with Crippen LogP contribution >= 0.6 is 22.7 Å². The van der Waals surface area contributed by atoms with Crippen molar-refractivity contribution in [2.24, 2.45) is 5.73 Å². The fourth-order valence-corrected chi connectivity index (χ4v) is 3.34. The molecule has 2 N–H and O–H groups in total. The minimum Gasteiger partial charge on any atom is -0.330 e. The van der Waals surface area contributed by atoms with E-state index in [4.69, 9.17) is 5.73 Å². The lowest BCUT2D eigenvalue weighted by molar-refractivity contribution is 0.271. The number of nitrogens with zero attached hydrogens (tertiary/aromatic N) is 2. The second-order valence-electron chi connectivity index (χ2n) is 4.15. The largest absolute Gasteiger partial charge is 0.330 e. The Balaban J connectivity index is 1.92. The van der Waals surface area contributed by atoms with Crippen LogP contribution in [0.25, 0.3) is 0 Å². The van der Waals surface area contributed by atoms with E-state index >= 15 is 0 Å². The van der Waals surface area contributed by atoms with Crippen LogP contribution in [0.3, 0.4) is 0 Å². The highest BCUT2D eigenvalue weighted by Gasteiger charge is 2.08. The highest BCUT2D eigenvalue weighted by Crippen LogP contribution is 2.16. The molecule has 0 aromatic carbocycles. The van der Waals surface area contributed by atoms with Crippen molar-refractivity contribution < 1.29 is 0 Å². The number of thiophene rings is 1. The van der Waals surface area contributed by atoms with Crippen LogP contribution in [0.4, 0.5) is 0 Å². The smallest absolute Gasteiger partial charge is 0.0941 e. The highest BCUT2D eigenvalue weighted by molar-refractivity contribution is 7.10. The van der Waals surface area contributed by atoms with Gasteiger partial charge in [-0.2, -0.15) is 0 Å². The molecule has 0 saturated heterocycles. The van der Waals surface area contributed by atoms with Gasteiger partial charge in [-0.1, -0.05) is 13.0 Å². The molecule has 2 rings (SSSR count). The van der Waals surface area contributed by atoms with Crippen LogP contribution in [0.5, 0.6) is 0 Å². The average Bonchev–Trinajstić information content (AvgIpc) is 3.01. The first kappa shape index (κ1) is 13.7. The van der Waals surface area contributed by atoms with Gasteiger partial charge in [0.25, 0.3) is 0 Å². The zero-order valence-corrected chi connectivity index (χ0v) is 12.3. The topological polar surface area (TPSA) is 42.1 Å². The van der Waals surface area contributed by atoms with Gasteiger partial charge in [0.05, 0.1) is 10.7 Å². The summed E-state index contributed by atoms with van der Waals surface area (Å²) >= 11 is 3.53. The van der Waals surface area contributed by atoms with Crippen molar-refractivity contribution in [2.75, 3.05) is 13.1 Å². The molecule has 0 unspecified atom stereocenters. The summed E-state index contributed by atoms with van der Waals surface area (Å²) in [7, 11) is 0. The lowest BCUT2D eigenvalue weighted by Crippen LogP contribution is -2.22. The lowest BCUT2D eigenvalue weighted by atomic mass is 10.3. The second kappa shape index (κ2) is 6.99. The van der Waals surface area contributed by atoms with Crippen LogP contribution in [-0.2, 0) is 19.5 Å². The summed E-state index contributed by atoms with van der Waals surface area (Å²) in [6, 6.07) is 4.30. The molecule has 3 nitrogen and oxygen atoms in total. The third-order valence-corrected chi connectivity index (χ3v) is 4.57. The van der Waals surface area contributed by atoms with Gasteiger partial charge in [-0.15, -0.1) is 22.7 Å². The van der Waals surface area contributed by atoms with Gasteiger partial charge in [0, 0.05) is 29.8 Å². The van der Waals surface area contributed by atoms with E-state index in [9.17, 15) is 0 Å². The van der Waals surface area contributed by atoms with Crippen molar-refractivity contribution >= 4 is 22.7 Å². The SMILES string of the molecule is CCN(Cc1csc(CCN)n1)Cc1cccs1. The highest BCUT2D eigenvalue weighted by atomic mass is 32.1. The van der Waals surface area contributed by atoms with Gasteiger partial charge in [0.1, 0.15) is 0 Å². The molecule has 5 heteroatoms. The number of hydrogen-bond donors (Lipinski definition) is 1. The van der Waals surface area contributed by atoms with E-state index < -0.39 is 0 Å². The maximum absolute atomic E-state index is 5.55. The molecule has 0 aliphatic rings. The predicted molar refractivity (Wildman–Crippen MR) is 79.0 cm³/mol. The molecule has 2 aromatic heterocycles. The van der Waals surface area contributed by atoms with Gasteiger partial charge >= 0.3 is 0 Å². The molecule has 98 valence electrons. The normalized spacial score (nSPS) is 11.3. The summed E-state index contributed by atoms with van der Waals surface area (Å²) in [5, 5.41) is 5.44. The zero-order valence-electron chi connectivity index (χ0n) is 10.6. The van der Waals surface area contributed by atoms with Crippen molar-refractivity contribution in [1.29, 1.82) is 0 Å². The molecule has 0 fully saturated rings. The van der Waals surface area contributed by atoms with Gasteiger partial charge in [0.15, 0.2) is 0 Å². The number of hydrogen-bond acceptors (Lipinski definition) is 5. The molecule has 0 aliphatic carbocycles. The fraction of sp³-hybridized carbons (Fsp3) is 0.462. The monoisotopic (exact) mass is 281 g/mol. The van der Waals surface area contributed by atoms with Crippen molar-refractivity contribution in [3.63, 3.8) is 0 Å². The summed E-state index contributed by atoms with van der Waals surface area (Å²) in [6.07, 6.45) is 0.891.